The molecule has 0 saturated carbocycles. The number of hydrogen-bond acceptors (Lipinski definition) is 4. The number of aromatic amines is 1. The van der Waals surface area contributed by atoms with E-state index in [1.165, 1.54) is 0 Å². The van der Waals surface area contributed by atoms with E-state index in [2.05, 4.69) is 15.0 Å². The Balaban J connectivity index is 1.38. The fraction of sp³-hybridized carbons (Fsp3) is 0.0800. The van der Waals surface area contributed by atoms with Gasteiger partial charge in [-0.3, -0.25) is 9.55 Å². The standard InChI is InChI=1S/C25H20N4O2/c1-29-24(23(28-25(29)30)19-12-14-26-15-13-19)20-8-6-17(7-9-20)16-31-22-11-10-18-4-2-3-5-21(18)27-22/h2-15H,16H2,1H3,(H,28,30). The van der Waals surface area contributed by atoms with Gasteiger partial charge in [0.1, 0.15) is 6.61 Å². The maximum Gasteiger partial charge on any atom is 0.326 e. The summed E-state index contributed by atoms with van der Waals surface area (Å²) in [6.07, 6.45) is 3.43. The van der Waals surface area contributed by atoms with Gasteiger partial charge in [-0.2, -0.15) is 0 Å². The third-order valence-electron chi connectivity index (χ3n) is 5.26. The van der Waals surface area contributed by atoms with Crippen LogP contribution in [-0.2, 0) is 13.7 Å². The highest BCUT2D eigenvalue weighted by atomic mass is 16.5. The Labute approximate surface area is 178 Å². The Morgan fingerprint density at radius 1 is 0.903 bits per heavy atom. The second-order valence-electron chi connectivity index (χ2n) is 7.28. The fourth-order valence-corrected chi connectivity index (χ4v) is 3.63. The molecule has 6 nitrogen and oxygen atoms in total. The molecule has 0 fully saturated rings. The maximum atomic E-state index is 12.3. The quantitative estimate of drug-likeness (QED) is 0.462. The highest BCUT2D eigenvalue weighted by Gasteiger charge is 2.15. The molecule has 0 amide bonds. The maximum absolute atomic E-state index is 12.3. The zero-order chi connectivity index (χ0) is 21.2. The number of benzene rings is 2. The van der Waals surface area contributed by atoms with Crippen molar-refractivity contribution in [1.29, 1.82) is 0 Å². The van der Waals surface area contributed by atoms with Crippen molar-refractivity contribution in [3.05, 3.63) is 101 Å². The Morgan fingerprint density at radius 3 is 2.48 bits per heavy atom. The number of pyridine rings is 2. The summed E-state index contributed by atoms with van der Waals surface area (Å²) in [5.74, 6) is 0.593. The third kappa shape index (κ3) is 3.71. The van der Waals surface area contributed by atoms with Crippen LogP contribution >= 0.6 is 0 Å². The second-order valence-corrected chi connectivity index (χ2v) is 7.28. The summed E-state index contributed by atoms with van der Waals surface area (Å²) >= 11 is 0. The topological polar surface area (TPSA) is 72.8 Å². The molecule has 0 bridgehead atoms. The lowest BCUT2D eigenvalue weighted by atomic mass is 10.0. The van der Waals surface area contributed by atoms with Crippen molar-refractivity contribution in [2.24, 2.45) is 7.05 Å². The zero-order valence-electron chi connectivity index (χ0n) is 16.9. The number of para-hydroxylation sites is 1. The van der Waals surface area contributed by atoms with Gasteiger partial charge in [0.15, 0.2) is 0 Å². The van der Waals surface area contributed by atoms with Crippen LogP contribution in [0.5, 0.6) is 5.88 Å². The molecule has 0 aliphatic rings. The van der Waals surface area contributed by atoms with Crippen LogP contribution in [0.4, 0.5) is 0 Å². The van der Waals surface area contributed by atoms with E-state index < -0.39 is 0 Å². The first kappa shape index (κ1) is 18.8. The second kappa shape index (κ2) is 7.91. The third-order valence-corrected chi connectivity index (χ3v) is 5.26. The first-order valence-corrected chi connectivity index (χ1v) is 9.96. The van der Waals surface area contributed by atoms with Gasteiger partial charge in [-0.15, -0.1) is 0 Å². The van der Waals surface area contributed by atoms with E-state index in [1.54, 1.807) is 24.0 Å². The number of nitrogens with one attached hydrogen (secondary N) is 1. The largest absolute Gasteiger partial charge is 0.473 e. The number of ether oxygens (including phenoxy) is 1. The van der Waals surface area contributed by atoms with E-state index in [1.807, 2.05) is 72.8 Å². The molecule has 0 saturated heterocycles. The van der Waals surface area contributed by atoms with Crippen molar-refractivity contribution in [2.45, 2.75) is 6.61 Å². The molecule has 0 aliphatic heterocycles. The Hall–Kier alpha value is -4.19. The number of fused-ring (bicyclic) bond motifs is 1. The van der Waals surface area contributed by atoms with Crippen LogP contribution in [-0.4, -0.2) is 19.5 Å². The molecule has 0 atom stereocenters. The number of imidazole rings is 1. The summed E-state index contributed by atoms with van der Waals surface area (Å²) in [7, 11) is 1.77. The summed E-state index contributed by atoms with van der Waals surface area (Å²) in [5, 5.41) is 1.08. The molecule has 3 heterocycles. The van der Waals surface area contributed by atoms with Crippen molar-refractivity contribution < 1.29 is 4.74 Å². The smallest absolute Gasteiger partial charge is 0.326 e. The van der Waals surface area contributed by atoms with Gasteiger partial charge in [0.2, 0.25) is 5.88 Å². The molecule has 0 unspecified atom stereocenters. The van der Waals surface area contributed by atoms with E-state index in [-0.39, 0.29) is 5.69 Å². The first-order valence-electron chi connectivity index (χ1n) is 9.96. The minimum Gasteiger partial charge on any atom is -0.473 e. The summed E-state index contributed by atoms with van der Waals surface area (Å²) in [4.78, 5) is 23.8. The van der Waals surface area contributed by atoms with E-state index in [0.29, 0.717) is 12.5 Å². The number of hydrogen-bond donors (Lipinski definition) is 1. The molecule has 6 heteroatoms. The summed E-state index contributed by atoms with van der Waals surface area (Å²) in [6.45, 7) is 0.412. The number of aromatic nitrogens is 4. The Bertz CT molecular complexity index is 1400. The Kier molecular flexibility index (Phi) is 4.80. The van der Waals surface area contributed by atoms with Crippen LogP contribution in [0.2, 0.25) is 0 Å². The van der Waals surface area contributed by atoms with Crippen molar-refractivity contribution in [2.75, 3.05) is 0 Å². The summed E-state index contributed by atoms with van der Waals surface area (Å²) in [5.41, 5.74) is 5.24. The highest BCUT2D eigenvalue weighted by molar-refractivity contribution is 5.79. The van der Waals surface area contributed by atoms with Crippen LogP contribution in [0.15, 0.2) is 90.0 Å². The predicted molar refractivity (Wildman–Crippen MR) is 121 cm³/mol. The van der Waals surface area contributed by atoms with Gasteiger partial charge in [-0.05, 0) is 29.8 Å². The fourth-order valence-electron chi connectivity index (χ4n) is 3.63. The minimum absolute atomic E-state index is 0.156. The molecule has 5 aromatic rings. The van der Waals surface area contributed by atoms with Gasteiger partial charge in [0, 0.05) is 42.0 Å². The molecule has 5 rings (SSSR count). The van der Waals surface area contributed by atoms with Crippen LogP contribution in [0.1, 0.15) is 5.56 Å². The molecule has 2 aromatic carbocycles. The van der Waals surface area contributed by atoms with Gasteiger partial charge in [0.05, 0.1) is 16.9 Å². The van der Waals surface area contributed by atoms with Crippen molar-refractivity contribution in [3.63, 3.8) is 0 Å². The highest BCUT2D eigenvalue weighted by Crippen LogP contribution is 2.29. The van der Waals surface area contributed by atoms with E-state index in [9.17, 15) is 4.79 Å². The average Bonchev–Trinajstić information content (AvgIpc) is 3.13. The van der Waals surface area contributed by atoms with Gasteiger partial charge in [0.25, 0.3) is 0 Å². The predicted octanol–water partition coefficient (Wildman–Crippen LogP) is 4.57. The van der Waals surface area contributed by atoms with E-state index in [0.717, 1.165) is 39.0 Å². The molecule has 152 valence electrons. The molecule has 0 radical (unpaired) electrons. The average molecular weight is 408 g/mol. The SMILES string of the molecule is Cn1c(-c2ccc(COc3ccc4ccccc4n3)cc2)c(-c2ccncc2)[nH]c1=O. The number of H-pyrrole nitrogens is 1. The van der Waals surface area contributed by atoms with Crippen molar-refractivity contribution in [1.82, 2.24) is 19.5 Å². The van der Waals surface area contributed by atoms with Gasteiger partial charge in [-0.1, -0.05) is 42.5 Å². The van der Waals surface area contributed by atoms with Crippen LogP contribution in [0.25, 0.3) is 33.4 Å². The minimum atomic E-state index is -0.156. The molecule has 1 N–H and O–H groups in total. The van der Waals surface area contributed by atoms with Gasteiger partial charge < -0.3 is 9.72 Å². The summed E-state index contributed by atoms with van der Waals surface area (Å²) < 4.78 is 7.51. The molecule has 0 aliphatic carbocycles. The lowest BCUT2D eigenvalue weighted by Gasteiger charge is -2.09. The van der Waals surface area contributed by atoms with Gasteiger partial charge in [-0.25, -0.2) is 9.78 Å². The monoisotopic (exact) mass is 408 g/mol. The lowest BCUT2D eigenvalue weighted by molar-refractivity contribution is 0.295. The Morgan fingerprint density at radius 2 is 1.68 bits per heavy atom. The van der Waals surface area contributed by atoms with E-state index in [4.69, 9.17) is 4.74 Å². The summed E-state index contributed by atoms with van der Waals surface area (Å²) in [6, 6.07) is 23.6. The molecular weight excluding hydrogens is 388 g/mol. The molecular formula is C25H20N4O2. The number of nitrogens with zero attached hydrogens (tertiary/aromatic N) is 3. The first-order chi connectivity index (χ1) is 15.2. The normalized spacial score (nSPS) is 11.0. The van der Waals surface area contributed by atoms with Crippen molar-refractivity contribution >= 4 is 10.9 Å². The van der Waals surface area contributed by atoms with Crippen LogP contribution in [0, 0.1) is 0 Å². The molecule has 31 heavy (non-hydrogen) atoms. The zero-order valence-corrected chi connectivity index (χ0v) is 16.9. The van der Waals surface area contributed by atoms with Crippen molar-refractivity contribution in [3.8, 4) is 28.4 Å². The van der Waals surface area contributed by atoms with Crippen LogP contribution < -0.4 is 10.4 Å². The number of rotatable bonds is 5. The molecule has 3 aromatic heterocycles. The van der Waals surface area contributed by atoms with Gasteiger partial charge >= 0.3 is 5.69 Å². The van der Waals surface area contributed by atoms with E-state index >= 15 is 0 Å². The van der Waals surface area contributed by atoms with Crippen LogP contribution in [0.3, 0.4) is 0 Å². The lowest BCUT2D eigenvalue weighted by Crippen LogP contribution is -2.13. The molecule has 0 spiro atoms.